The van der Waals surface area contributed by atoms with Gasteiger partial charge in [-0.05, 0) is 51.5 Å². The van der Waals surface area contributed by atoms with E-state index in [1.807, 2.05) is 0 Å². The smallest absolute Gasteiger partial charge is 0.407 e. The van der Waals surface area contributed by atoms with Crippen LogP contribution in [0.3, 0.4) is 0 Å². The molecule has 4 aliphatic rings. The monoisotopic (exact) mass is 592 g/mol. The Morgan fingerprint density at radius 1 is 1.24 bits per heavy atom. The first-order valence-electron chi connectivity index (χ1n) is 13.9. The van der Waals surface area contributed by atoms with Crippen molar-refractivity contribution < 1.29 is 41.7 Å². The van der Waals surface area contributed by atoms with Crippen molar-refractivity contribution in [3.05, 3.63) is 64.9 Å². The molecule has 3 atom stereocenters. The first-order valence-corrected chi connectivity index (χ1v) is 13.9. The lowest BCUT2D eigenvalue weighted by molar-refractivity contribution is -0.155. The Labute approximate surface area is 242 Å². The molecule has 0 saturated carbocycles. The molecule has 2 fully saturated rings. The van der Waals surface area contributed by atoms with Gasteiger partial charge in [-0.3, -0.25) is 0 Å². The molecular formula is C29H35F3N4O6. The Kier molecular flexibility index (Phi) is 8.17. The maximum absolute atomic E-state index is 15.6. The molecule has 2 N–H and O–H groups in total. The van der Waals surface area contributed by atoms with Crippen molar-refractivity contribution in [3.63, 3.8) is 0 Å². The molecule has 0 bridgehead atoms. The highest BCUT2D eigenvalue weighted by molar-refractivity contribution is 5.90. The molecule has 4 heterocycles. The summed E-state index contributed by atoms with van der Waals surface area (Å²) in [4.78, 5) is 27.8. The third-order valence-corrected chi connectivity index (χ3v) is 7.15. The molecule has 42 heavy (non-hydrogen) atoms. The normalized spacial score (nSPS) is 25.6. The van der Waals surface area contributed by atoms with Crippen LogP contribution in [0.4, 0.5) is 23.7 Å². The van der Waals surface area contributed by atoms with Crippen molar-refractivity contribution >= 4 is 17.7 Å². The summed E-state index contributed by atoms with van der Waals surface area (Å²) in [6, 6.07) is 3.12. The summed E-state index contributed by atoms with van der Waals surface area (Å²) in [5.74, 6) is -3.60. The fraction of sp³-hybridized carbons (Fsp3) is 0.517. The number of fused-ring (bicyclic) bond motifs is 1. The van der Waals surface area contributed by atoms with Crippen LogP contribution in [0.1, 0.15) is 40.5 Å². The SMILES string of the molecule is CCOC(=O)C1=CN(c2ccc(F)cc2F)C2NC(N3CCC4(C3)OCC(CNC(=O)OC(C)(C)C)O4)=C(F)C=C2C1. The number of alkyl carbamates (subject to hydrolysis) is 1. The predicted octanol–water partition coefficient (Wildman–Crippen LogP) is 3.96. The summed E-state index contributed by atoms with van der Waals surface area (Å²) < 4.78 is 66.8. The van der Waals surface area contributed by atoms with Gasteiger partial charge in [-0.25, -0.2) is 22.8 Å². The van der Waals surface area contributed by atoms with Crippen molar-refractivity contribution in [2.45, 2.75) is 64.2 Å². The number of carbonyl (C=O) groups is 2. The highest BCUT2D eigenvalue weighted by atomic mass is 19.1. The molecule has 228 valence electrons. The van der Waals surface area contributed by atoms with Crippen LogP contribution in [-0.4, -0.2) is 73.5 Å². The van der Waals surface area contributed by atoms with Crippen molar-refractivity contribution in [1.82, 2.24) is 15.5 Å². The number of hydrogen-bond donors (Lipinski definition) is 2. The highest BCUT2D eigenvalue weighted by Gasteiger charge is 2.49. The minimum Gasteiger partial charge on any atom is -0.463 e. The highest BCUT2D eigenvalue weighted by Crippen LogP contribution is 2.39. The van der Waals surface area contributed by atoms with E-state index in [0.717, 1.165) is 12.1 Å². The van der Waals surface area contributed by atoms with Crippen LogP contribution in [0.5, 0.6) is 0 Å². The summed E-state index contributed by atoms with van der Waals surface area (Å²) in [6.45, 7) is 8.14. The number of rotatable bonds is 6. The molecule has 0 radical (unpaired) electrons. The van der Waals surface area contributed by atoms with Crippen molar-refractivity contribution in [2.75, 3.05) is 37.7 Å². The molecule has 1 aromatic rings. The number of dihydropyridines is 1. The molecule has 10 nitrogen and oxygen atoms in total. The fourth-order valence-corrected chi connectivity index (χ4v) is 5.38. The number of nitrogens with one attached hydrogen (secondary N) is 2. The van der Waals surface area contributed by atoms with Crippen LogP contribution < -0.4 is 15.5 Å². The zero-order chi connectivity index (χ0) is 30.2. The van der Waals surface area contributed by atoms with Gasteiger partial charge < -0.3 is 39.4 Å². The van der Waals surface area contributed by atoms with E-state index in [1.54, 1.807) is 32.6 Å². The summed E-state index contributed by atoms with van der Waals surface area (Å²) in [7, 11) is 0. The molecule has 3 unspecified atom stereocenters. The lowest BCUT2D eigenvalue weighted by Gasteiger charge is -2.41. The second kappa shape index (κ2) is 11.5. The molecule has 5 rings (SSSR count). The van der Waals surface area contributed by atoms with Gasteiger partial charge in [0.15, 0.2) is 11.6 Å². The number of esters is 1. The van der Waals surface area contributed by atoms with Crippen LogP contribution in [0.25, 0.3) is 0 Å². The maximum atomic E-state index is 15.6. The third kappa shape index (κ3) is 6.36. The number of carbonyl (C=O) groups excluding carboxylic acids is 2. The number of halogens is 3. The van der Waals surface area contributed by atoms with Crippen LogP contribution in [0.15, 0.2) is 53.3 Å². The quantitative estimate of drug-likeness (QED) is 0.476. The van der Waals surface area contributed by atoms with Gasteiger partial charge in [-0.15, -0.1) is 0 Å². The van der Waals surface area contributed by atoms with Gasteiger partial charge >= 0.3 is 12.1 Å². The topological polar surface area (TPSA) is 102 Å². The largest absolute Gasteiger partial charge is 0.463 e. The second-order valence-electron chi connectivity index (χ2n) is 11.5. The predicted molar refractivity (Wildman–Crippen MR) is 145 cm³/mol. The molecular weight excluding hydrogens is 557 g/mol. The van der Waals surface area contributed by atoms with E-state index in [9.17, 15) is 18.4 Å². The second-order valence-corrected chi connectivity index (χ2v) is 11.5. The van der Waals surface area contributed by atoms with Gasteiger partial charge in [-0.2, -0.15) is 0 Å². The Bertz CT molecular complexity index is 1340. The number of anilines is 1. The number of allylic oxidation sites excluding steroid dienone is 2. The van der Waals surface area contributed by atoms with Crippen LogP contribution in [-0.2, 0) is 23.7 Å². The fourth-order valence-electron chi connectivity index (χ4n) is 5.38. The van der Waals surface area contributed by atoms with Crippen LogP contribution in [0, 0.1) is 11.6 Å². The number of nitrogens with zero attached hydrogens (tertiary/aromatic N) is 2. The van der Waals surface area contributed by atoms with E-state index in [0.29, 0.717) is 18.5 Å². The molecule has 1 aromatic carbocycles. The summed E-state index contributed by atoms with van der Waals surface area (Å²) in [5.41, 5.74) is 0.0560. The van der Waals surface area contributed by atoms with Gasteiger partial charge in [0.1, 0.15) is 35.3 Å². The van der Waals surface area contributed by atoms with Gasteiger partial charge in [0.05, 0.1) is 31.0 Å². The van der Waals surface area contributed by atoms with E-state index in [1.165, 1.54) is 23.2 Å². The van der Waals surface area contributed by atoms with Gasteiger partial charge in [0.2, 0.25) is 0 Å². The Hall–Kier alpha value is -3.71. The Morgan fingerprint density at radius 3 is 2.74 bits per heavy atom. The number of ether oxygens (including phenoxy) is 4. The average molecular weight is 593 g/mol. The molecule has 1 amide bonds. The minimum atomic E-state index is -0.995. The number of likely N-dealkylation sites (tertiary alicyclic amines) is 1. The Balaban J connectivity index is 1.31. The summed E-state index contributed by atoms with van der Waals surface area (Å²) >= 11 is 0. The summed E-state index contributed by atoms with van der Waals surface area (Å²) in [6.07, 6.45) is 1.57. The van der Waals surface area contributed by atoms with E-state index >= 15 is 4.39 Å². The number of benzene rings is 1. The molecule has 0 aliphatic carbocycles. The zero-order valence-corrected chi connectivity index (χ0v) is 24.0. The maximum Gasteiger partial charge on any atom is 0.407 e. The summed E-state index contributed by atoms with van der Waals surface area (Å²) in [5, 5.41) is 5.84. The molecule has 1 spiro atoms. The van der Waals surface area contributed by atoms with Gasteiger partial charge in [0.25, 0.3) is 0 Å². The first-order chi connectivity index (χ1) is 19.9. The molecule has 0 aromatic heterocycles. The van der Waals surface area contributed by atoms with E-state index < -0.39 is 53.2 Å². The van der Waals surface area contributed by atoms with E-state index in [4.69, 9.17) is 18.9 Å². The van der Waals surface area contributed by atoms with Crippen LogP contribution in [0.2, 0.25) is 0 Å². The zero-order valence-electron chi connectivity index (χ0n) is 24.0. The number of amides is 1. The average Bonchev–Trinajstić information content (AvgIpc) is 3.51. The minimum absolute atomic E-state index is 0.00337. The Morgan fingerprint density at radius 2 is 2.02 bits per heavy atom. The standard InChI is InChI=1S/C29H35F3N4O6/c1-5-39-26(37)18-10-17-11-22(32)25(34-24(17)36(14-18)23-7-6-19(30)12-21(23)31)35-9-8-29(16-35)40-15-20(41-29)13-33-27(38)42-28(2,3)4/h6-7,11-12,14,20,24,34H,5,8-10,13,15-16H2,1-4H3,(H,33,38). The van der Waals surface area contributed by atoms with Crippen LogP contribution >= 0.6 is 0 Å². The molecule has 13 heteroatoms. The van der Waals surface area contributed by atoms with Crippen molar-refractivity contribution in [1.29, 1.82) is 0 Å². The lowest BCUT2D eigenvalue weighted by atomic mass is 9.95. The third-order valence-electron chi connectivity index (χ3n) is 7.15. The van der Waals surface area contributed by atoms with Crippen molar-refractivity contribution in [2.24, 2.45) is 0 Å². The lowest BCUT2D eigenvalue weighted by Crippen LogP contribution is -2.52. The van der Waals surface area contributed by atoms with E-state index in [-0.39, 0.29) is 49.8 Å². The van der Waals surface area contributed by atoms with Gasteiger partial charge in [-0.1, -0.05) is 0 Å². The van der Waals surface area contributed by atoms with Crippen molar-refractivity contribution in [3.8, 4) is 0 Å². The molecule has 4 aliphatic heterocycles. The van der Waals surface area contributed by atoms with Gasteiger partial charge in [0, 0.05) is 38.2 Å². The first kappa shape index (κ1) is 29.8. The molecule has 2 saturated heterocycles. The van der Waals surface area contributed by atoms with E-state index in [2.05, 4.69) is 10.6 Å². The number of hydrogen-bond acceptors (Lipinski definition) is 9.